The highest BCUT2D eigenvalue weighted by atomic mass is 32.2. The molecule has 3 aromatic rings. The number of halogens is 1. The van der Waals surface area contributed by atoms with Crippen LogP contribution in [0.5, 0.6) is 5.75 Å². The van der Waals surface area contributed by atoms with Crippen molar-refractivity contribution in [3.63, 3.8) is 0 Å². The van der Waals surface area contributed by atoms with Crippen LogP contribution in [0.25, 0.3) is 10.9 Å². The Bertz CT molecular complexity index is 1350. The summed E-state index contributed by atoms with van der Waals surface area (Å²) in [7, 11) is -4.00. The fraction of sp³-hybridized carbons (Fsp3) is 0.318. The number of hydrogen-bond donors (Lipinski definition) is 1. The van der Waals surface area contributed by atoms with Gasteiger partial charge in [-0.3, -0.25) is 9.48 Å². The van der Waals surface area contributed by atoms with E-state index in [0.717, 1.165) is 4.31 Å². The van der Waals surface area contributed by atoms with Gasteiger partial charge in [0.15, 0.2) is 0 Å². The second-order valence-corrected chi connectivity index (χ2v) is 9.53. The van der Waals surface area contributed by atoms with Crippen molar-refractivity contribution in [3.8, 4) is 11.8 Å². The number of aromatic nitrogens is 2. The number of hydrogen-bond acceptors (Lipinski definition) is 6. The van der Waals surface area contributed by atoms with Gasteiger partial charge < -0.3 is 9.84 Å². The van der Waals surface area contributed by atoms with Gasteiger partial charge >= 0.3 is 5.97 Å². The van der Waals surface area contributed by atoms with Crippen molar-refractivity contribution in [2.24, 2.45) is 0 Å². The average Bonchev–Trinajstić information content (AvgIpc) is 3.36. The summed E-state index contributed by atoms with van der Waals surface area (Å²) in [5, 5.41) is 23.7. The molecule has 1 aliphatic rings. The van der Waals surface area contributed by atoms with E-state index in [1.54, 1.807) is 12.1 Å². The summed E-state index contributed by atoms with van der Waals surface area (Å²) in [6.07, 6.45) is -0.232. The fourth-order valence-electron chi connectivity index (χ4n) is 4.08. The molecule has 33 heavy (non-hydrogen) atoms. The average molecular weight is 472 g/mol. The number of rotatable bonds is 7. The first kappa shape index (κ1) is 22.7. The van der Waals surface area contributed by atoms with Crippen molar-refractivity contribution < 1.29 is 27.4 Å². The molecule has 172 valence electrons. The van der Waals surface area contributed by atoms with E-state index in [9.17, 15) is 28.0 Å². The fourth-order valence-corrected chi connectivity index (χ4v) is 5.67. The Morgan fingerprint density at radius 2 is 2.03 bits per heavy atom. The summed E-state index contributed by atoms with van der Waals surface area (Å²) in [4.78, 5) is 11.3. The zero-order valence-electron chi connectivity index (χ0n) is 17.7. The molecule has 9 nitrogen and oxygen atoms in total. The maximum Gasteiger partial charge on any atom is 0.309 e. The van der Waals surface area contributed by atoms with Crippen molar-refractivity contribution >= 4 is 26.9 Å². The van der Waals surface area contributed by atoms with E-state index in [2.05, 4.69) is 5.10 Å². The zero-order valence-corrected chi connectivity index (χ0v) is 18.5. The number of benzene rings is 2. The van der Waals surface area contributed by atoms with Crippen LogP contribution in [0.15, 0.2) is 47.4 Å². The third kappa shape index (κ3) is 4.27. The van der Waals surface area contributed by atoms with E-state index in [0.29, 0.717) is 23.3 Å². The molecule has 0 unspecified atom stereocenters. The second kappa shape index (κ2) is 8.80. The first-order valence-corrected chi connectivity index (χ1v) is 11.7. The number of nitriles is 1. The van der Waals surface area contributed by atoms with E-state index in [1.165, 1.54) is 35.0 Å². The predicted molar refractivity (Wildman–Crippen MR) is 116 cm³/mol. The number of sulfonamides is 1. The van der Waals surface area contributed by atoms with Gasteiger partial charge in [0, 0.05) is 18.4 Å². The molecule has 0 saturated carbocycles. The van der Waals surface area contributed by atoms with Gasteiger partial charge in [0.1, 0.15) is 17.6 Å². The summed E-state index contributed by atoms with van der Waals surface area (Å²) in [6.45, 7) is 2.20. The number of ether oxygens (including phenoxy) is 1. The molecule has 2 atom stereocenters. The Kier molecular flexibility index (Phi) is 6.05. The van der Waals surface area contributed by atoms with E-state index in [4.69, 9.17) is 4.74 Å². The lowest BCUT2D eigenvalue weighted by atomic mass is 10.1. The van der Waals surface area contributed by atoms with E-state index in [1.807, 2.05) is 13.0 Å². The number of carboxylic acids is 1. The smallest absolute Gasteiger partial charge is 0.309 e. The van der Waals surface area contributed by atoms with Gasteiger partial charge in [-0.25, -0.2) is 12.8 Å². The molecule has 1 aliphatic heterocycles. The van der Waals surface area contributed by atoms with Gasteiger partial charge in [0.25, 0.3) is 0 Å². The first-order valence-electron chi connectivity index (χ1n) is 10.3. The molecular formula is C22H21FN4O5S. The van der Waals surface area contributed by atoms with Gasteiger partial charge in [-0.1, -0.05) is 0 Å². The Labute approximate surface area is 189 Å². The number of nitrogens with zero attached hydrogens (tertiary/aromatic N) is 4. The molecule has 2 heterocycles. The zero-order chi connectivity index (χ0) is 23.8. The summed E-state index contributed by atoms with van der Waals surface area (Å²) < 4.78 is 48.4. The molecular weight excluding hydrogens is 451 g/mol. The maximum atomic E-state index is 14.0. The van der Waals surface area contributed by atoms with E-state index in [-0.39, 0.29) is 30.0 Å². The van der Waals surface area contributed by atoms with Crippen LogP contribution in [0.3, 0.4) is 0 Å². The lowest BCUT2D eigenvalue weighted by Crippen LogP contribution is -2.35. The number of carbonyl (C=O) groups is 1. The van der Waals surface area contributed by atoms with Crippen molar-refractivity contribution in [3.05, 3.63) is 54.0 Å². The highest BCUT2D eigenvalue weighted by Crippen LogP contribution is 2.35. The molecule has 0 bridgehead atoms. The molecule has 4 rings (SSSR count). The van der Waals surface area contributed by atoms with Crippen molar-refractivity contribution in [2.45, 2.75) is 36.7 Å². The molecule has 2 aromatic carbocycles. The van der Waals surface area contributed by atoms with Crippen molar-refractivity contribution in [2.75, 3.05) is 13.2 Å². The maximum absolute atomic E-state index is 14.0. The van der Waals surface area contributed by atoms with Crippen LogP contribution in [0.2, 0.25) is 0 Å². The predicted octanol–water partition coefficient (Wildman–Crippen LogP) is 2.73. The lowest BCUT2D eigenvalue weighted by molar-refractivity contribution is -0.136. The van der Waals surface area contributed by atoms with Gasteiger partial charge in [0.2, 0.25) is 10.0 Å². The minimum atomic E-state index is -4.00. The van der Waals surface area contributed by atoms with Crippen LogP contribution in [-0.4, -0.2) is 52.8 Å². The second-order valence-electron chi connectivity index (χ2n) is 7.64. The lowest BCUT2D eigenvalue weighted by Gasteiger charge is -2.19. The molecule has 11 heteroatoms. The van der Waals surface area contributed by atoms with Crippen LogP contribution in [0.1, 0.15) is 25.1 Å². The Morgan fingerprint density at radius 1 is 1.30 bits per heavy atom. The molecule has 1 fully saturated rings. The minimum Gasteiger partial charge on any atom is -0.494 e. The number of aliphatic carboxylic acids is 1. The molecule has 1 N–H and O–H groups in total. The van der Waals surface area contributed by atoms with E-state index >= 15 is 0 Å². The van der Waals surface area contributed by atoms with Crippen LogP contribution in [0, 0.1) is 17.1 Å². The van der Waals surface area contributed by atoms with Gasteiger partial charge in [-0.2, -0.15) is 14.7 Å². The van der Waals surface area contributed by atoms with Gasteiger partial charge in [-0.15, -0.1) is 0 Å². The standard InChI is InChI=1S/C22H21FN4O5S/c1-2-32-17-4-6-18(7-5-17)33(30,31)26-13-16(10-15(26)12-24)27-21-9-14(23)3-8-19(21)20(25-27)11-22(28)29/h3-9,15-16H,2,10-11,13H2,1H3,(H,28,29)/t15-,16+/m0/s1. The Hall–Kier alpha value is -3.49. The Balaban J connectivity index is 1.70. The monoisotopic (exact) mass is 472 g/mol. The quantitative estimate of drug-likeness (QED) is 0.560. The van der Waals surface area contributed by atoms with E-state index < -0.39 is 33.9 Å². The molecule has 0 amide bonds. The molecule has 0 radical (unpaired) electrons. The highest BCUT2D eigenvalue weighted by Gasteiger charge is 2.42. The normalized spacial score (nSPS) is 18.9. The Morgan fingerprint density at radius 3 is 2.67 bits per heavy atom. The topological polar surface area (TPSA) is 126 Å². The summed E-state index contributed by atoms with van der Waals surface area (Å²) in [5.41, 5.74) is 0.604. The summed E-state index contributed by atoms with van der Waals surface area (Å²) in [5.74, 6) is -1.09. The number of fused-ring (bicyclic) bond motifs is 1. The summed E-state index contributed by atoms with van der Waals surface area (Å²) in [6, 6.07) is 10.4. The largest absolute Gasteiger partial charge is 0.494 e. The first-order chi connectivity index (χ1) is 15.7. The van der Waals surface area contributed by atoms with Crippen molar-refractivity contribution in [1.82, 2.24) is 14.1 Å². The van der Waals surface area contributed by atoms with Crippen LogP contribution in [-0.2, 0) is 21.2 Å². The molecule has 1 aromatic heterocycles. The molecule has 1 saturated heterocycles. The van der Waals surface area contributed by atoms with Crippen LogP contribution < -0.4 is 4.74 Å². The van der Waals surface area contributed by atoms with Crippen LogP contribution >= 0.6 is 0 Å². The minimum absolute atomic E-state index is 0.0230. The third-order valence-electron chi connectivity index (χ3n) is 5.53. The number of carboxylic acid groups (broad SMARTS) is 1. The van der Waals surface area contributed by atoms with Crippen LogP contribution in [0.4, 0.5) is 4.39 Å². The molecule has 0 aliphatic carbocycles. The molecule has 0 spiro atoms. The van der Waals surface area contributed by atoms with Crippen molar-refractivity contribution in [1.29, 1.82) is 5.26 Å². The highest BCUT2D eigenvalue weighted by molar-refractivity contribution is 7.89. The van der Waals surface area contributed by atoms with Gasteiger partial charge in [0.05, 0.1) is 41.2 Å². The third-order valence-corrected chi connectivity index (χ3v) is 7.42. The van der Waals surface area contributed by atoms with Gasteiger partial charge in [-0.05, 0) is 49.4 Å². The summed E-state index contributed by atoms with van der Waals surface area (Å²) >= 11 is 0. The SMILES string of the molecule is CCOc1ccc(S(=O)(=O)N2C[C@H](n3nc(CC(=O)O)c4ccc(F)cc43)C[C@H]2C#N)cc1.